The number of ether oxygens (including phenoxy) is 2. The van der Waals surface area contributed by atoms with Gasteiger partial charge in [-0.2, -0.15) is 0 Å². The van der Waals surface area contributed by atoms with E-state index in [0.717, 1.165) is 0 Å². The average Bonchev–Trinajstić information content (AvgIpc) is 3.14. The molecule has 1 aromatic heterocycles. The van der Waals surface area contributed by atoms with E-state index in [1.807, 2.05) is 0 Å². The van der Waals surface area contributed by atoms with Gasteiger partial charge in [-0.05, 0) is 36.4 Å². The Kier molecular flexibility index (Phi) is 5.40. The van der Waals surface area contributed by atoms with Gasteiger partial charge in [0, 0.05) is 17.3 Å². The maximum atomic E-state index is 12.4. The van der Waals surface area contributed by atoms with Crippen molar-refractivity contribution in [1.29, 1.82) is 0 Å². The Hall–Kier alpha value is -2.63. The monoisotopic (exact) mass is 391 g/mol. The first-order valence-electron chi connectivity index (χ1n) is 7.61. The predicted molar refractivity (Wildman–Crippen MR) is 102 cm³/mol. The lowest BCUT2D eigenvalue weighted by Gasteiger charge is -2.10. The van der Waals surface area contributed by atoms with E-state index in [4.69, 9.17) is 37.1 Å². The first-order chi connectivity index (χ1) is 12.5. The molecule has 0 saturated heterocycles. The fourth-order valence-electron chi connectivity index (χ4n) is 2.41. The summed E-state index contributed by atoms with van der Waals surface area (Å²) in [6.07, 6.45) is 0. The van der Waals surface area contributed by atoms with Gasteiger partial charge in [0.1, 0.15) is 5.76 Å². The minimum Gasteiger partial charge on any atom is -0.493 e. The van der Waals surface area contributed by atoms with E-state index in [1.165, 1.54) is 7.11 Å². The number of hydrogen-bond donors (Lipinski definition) is 1. The molecule has 1 amide bonds. The molecule has 3 rings (SSSR count). The van der Waals surface area contributed by atoms with Crippen LogP contribution in [-0.2, 0) is 0 Å². The van der Waals surface area contributed by atoms with E-state index < -0.39 is 5.91 Å². The van der Waals surface area contributed by atoms with Crippen molar-refractivity contribution in [3.05, 3.63) is 64.3 Å². The summed E-state index contributed by atoms with van der Waals surface area (Å²) in [5.74, 6) is 1.28. The summed E-state index contributed by atoms with van der Waals surface area (Å²) in [6, 6.07) is 13.5. The van der Waals surface area contributed by atoms with Crippen molar-refractivity contribution in [1.82, 2.24) is 0 Å². The molecule has 0 aliphatic rings. The fraction of sp³-hybridized carbons (Fsp3) is 0.105. The van der Waals surface area contributed by atoms with Crippen LogP contribution in [0.1, 0.15) is 10.6 Å². The summed E-state index contributed by atoms with van der Waals surface area (Å²) >= 11 is 12.2. The summed E-state index contributed by atoms with van der Waals surface area (Å²) in [7, 11) is 3.07. The van der Waals surface area contributed by atoms with Crippen LogP contribution < -0.4 is 14.8 Å². The largest absolute Gasteiger partial charge is 0.493 e. The number of carbonyl (C=O) groups is 1. The molecule has 134 valence electrons. The molecule has 2 aromatic carbocycles. The number of hydrogen-bond acceptors (Lipinski definition) is 4. The van der Waals surface area contributed by atoms with E-state index in [2.05, 4.69) is 5.32 Å². The second kappa shape index (κ2) is 7.72. The molecule has 0 aliphatic heterocycles. The Balaban J connectivity index is 1.81. The molecule has 0 aliphatic carbocycles. The van der Waals surface area contributed by atoms with Gasteiger partial charge in [0.15, 0.2) is 17.3 Å². The number of carbonyl (C=O) groups excluding carboxylic acids is 1. The van der Waals surface area contributed by atoms with Gasteiger partial charge in [-0.1, -0.05) is 29.3 Å². The lowest BCUT2D eigenvalue weighted by Crippen LogP contribution is -2.10. The first-order valence-corrected chi connectivity index (χ1v) is 8.36. The van der Waals surface area contributed by atoms with E-state index in [9.17, 15) is 4.79 Å². The summed E-state index contributed by atoms with van der Waals surface area (Å²) in [6.45, 7) is 0. The van der Waals surface area contributed by atoms with E-state index in [0.29, 0.717) is 38.6 Å². The quantitative estimate of drug-likeness (QED) is 0.621. The molecule has 5 nitrogen and oxygen atoms in total. The predicted octanol–water partition coefficient (Wildman–Crippen LogP) is 5.52. The van der Waals surface area contributed by atoms with Crippen LogP contribution in [0.2, 0.25) is 10.0 Å². The van der Waals surface area contributed by atoms with Crippen LogP contribution >= 0.6 is 23.2 Å². The minimum absolute atomic E-state index is 0.144. The van der Waals surface area contributed by atoms with Gasteiger partial charge in [0.2, 0.25) is 0 Å². The third-order valence-electron chi connectivity index (χ3n) is 3.69. The van der Waals surface area contributed by atoms with Crippen LogP contribution in [0, 0.1) is 0 Å². The van der Waals surface area contributed by atoms with Crippen LogP contribution in [0.3, 0.4) is 0 Å². The molecule has 0 bridgehead atoms. The van der Waals surface area contributed by atoms with E-state index in [1.54, 1.807) is 55.6 Å². The second-order valence-corrected chi connectivity index (χ2v) is 6.07. The van der Waals surface area contributed by atoms with E-state index in [-0.39, 0.29) is 5.76 Å². The van der Waals surface area contributed by atoms with Gasteiger partial charge in [-0.3, -0.25) is 4.79 Å². The van der Waals surface area contributed by atoms with Crippen LogP contribution in [0.25, 0.3) is 11.3 Å². The summed E-state index contributed by atoms with van der Waals surface area (Å²) in [4.78, 5) is 12.4. The molecule has 1 N–H and O–H groups in total. The van der Waals surface area contributed by atoms with Crippen molar-refractivity contribution in [2.24, 2.45) is 0 Å². The van der Waals surface area contributed by atoms with Crippen molar-refractivity contribution < 1.29 is 18.7 Å². The summed E-state index contributed by atoms with van der Waals surface area (Å²) in [5.41, 5.74) is 1.16. The van der Waals surface area contributed by atoms with Crippen LogP contribution in [0.4, 0.5) is 5.69 Å². The number of methoxy groups -OCH3 is 2. The average molecular weight is 392 g/mol. The molecular formula is C19H15Cl2NO4. The maximum Gasteiger partial charge on any atom is 0.291 e. The van der Waals surface area contributed by atoms with Gasteiger partial charge in [-0.25, -0.2) is 0 Å². The highest BCUT2D eigenvalue weighted by Crippen LogP contribution is 2.34. The topological polar surface area (TPSA) is 60.7 Å². The Labute approximate surface area is 160 Å². The molecule has 0 fully saturated rings. The summed E-state index contributed by atoms with van der Waals surface area (Å²) < 4.78 is 16.0. The van der Waals surface area contributed by atoms with Crippen molar-refractivity contribution in [2.75, 3.05) is 19.5 Å². The Morgan fingerprint density at radius 1 is 1.00 bits per heavy atom. The van der Waals surface area contributed by atoms with Crippen molar-refractivity contribution >= 4 is 34.8 Å². The van der Waals surface area contributed by atoms with Gasteiger partial charge < -0.3 is 19.2 Å². The zero-order chi connectivity index (χ0) is 18.7. The summed E-state index contributed by atoms with van der Waals surface area (Å²) in [5, 5.41) is 3.53. The molecule has 0 unspecified atom stereocenters. The highest BCUT2D eigenvalue weighted by molar-refractivity contribution is 6.43. The fourth-order valence-corrected chi connectivity index (χ4v) is 2.80. The number of benzene rings is 2. The van der Waals surface area contributed by atoms with Crippen LogP contribution in [0.5, 0.6) is 11.5 Å². The molecule has 0 saturated carbocycles. The van der Waals surface area contributed by atoms with Gasteiger partial charge in [-0.15, -0.1) is 0 Å². The van der Waals surface area contributed by atoms with Gasteiger partial charge >= 0.3 is 0 Å². The van der Waals surface area contributed by atoms with Crippen LogP contribution in [0.15, 0.2) is 52.9 Å². The van der Waals surface area contributed by atoms with Gasteiger partial charge in [0.05, 0.1) is 24.3 Å². The Morgan fingerprint density at radius 2 is 1.77 bits per heavy atom. The number of furan rings is 1. The number of rotatable bonds is 5. The lowest BCUT2D eigenvalue weighted by atomic mass is 10.2. The maximum absolute atomic E-state index is 12.4. The van der Waals surface area contributed by atoms with Gasteiger partial charge in [0.25, 0.3) is 5.91 Å². The molecule has 1 heterocycles. The smallest absolute Gasteiger partial charge is 0.291 e. The second-order valence-electron chi connectivity index (χ2n) is 5.29. The van der Waals surface area contributed by atoms with Crippen LogP contribution in [-0.4, -0.2) is 20.1 Å². The van der Waals surface area contributed by atoms with Crippen molar-refractivity contribution in [3.8, 4) is 22.8 Å². The number of halogens is 2. The molecule has 3 aromatic rings. The first kappa shape index (κ1) is 18.2. The molecule has 0 atom stereocenters. The highest BCUT2D eigenvalue weighted by Gasteiger charge is 2.16. The molecule has 0 radical (unpaired) electrons. The number of nitrogens with one attached hydrogen (secondary N) is 1. The molecule has 7 heteroatoms. The van der Waals surface area contributed by atoms with Crippen molar-refractivity contribution in [2.45, 2.75) is 0 Å². The zero-order valence-corrected chi connectivity index (χ0v) is 15.5. The number of amides is 1. The highest BCUT2D eigenvalue weighted by atomic mass is 35.5. The molecular weight excluding hydrogens is 377 g/mol. The normalized spacial score (nSPS) is 10.5. The third kappa shape index (κ3) is 3.64. The zero-order valence-electron chi connectivity index (χ0n) is 14.0. The Bertz CT molecular complexity index is 952. The third-order valence-corrected chi connectivity index (χ3v) is 4.51. The lowest BCUT2D eigenvalue weighted by molar-refractivity contribution is 0.0997. The van der Waals surface area contributed by atoms with Crippen molar-refractivity contribution in [3.63, 3.8) is 0 Å². The molecule has 26 heavy (non-hydrogen) atoms. The standard InChI is InChI=1S/C19H15Cl2NO4/c1-24-15-7-6-11(10-17(15)25-2)22-19(23)16-9-8-14(26-16)12-4-3-5-13(20)18(12)21/h3-10H,1-2H3,(H,22,23). The minimum atomic E-state index is -0.401. The van der Waals surface area contributed by atoms with E-state index >= 15 is 0 Å². The SMILES string of the molecule is COc1ccc(NC(=O)c2ccc(-c3cccc(Cl)c3Cl)o2)cc1OC. The molecule has 0 spiro atoms. The Morgan fingerprint density at radius 3 is 2.50 bits per heavy atom. The number of anilines is 1.